The van der Waals surface area contributed by atoms with Crippen molar-refractivity contribution in [3.8, 4) is 5.75 Å². The van der Waals surface area contributed by atoms with Crippen LogP contribution < -0.4 is 4.74 Å². The Morgan fingerprint density at radius 1 is 0.833 bits per heavy atom. The van der Waals surface area contributed by atoms with Gasteiger partial charge in [-0.25, -0.2) is 0 Å². The van der Waals surface area contributed by atoms with Gasteiger partial charge in [0.05, 0.1) is 16.7 Å². The molecule has 0 saturated heterocycles. The average Bonchev–Trinajstić information content (AvgIpc) is 2.51. The van der Waals surface area contributed by atoms with Gasteiger partial charge in [0.25, 0.3) is 0 Å². The van der Waals surface area contributed by atoms with Gasteiger partial charge in [-0.1, -0.05) is 12.1 Å². The highest BCUT2D eigenvalue weighted by Gasteiger charge is 2.45. The van der Waals surface area contributed by atoms with Crippen molar-refractivity contribution < 1.29 is 35.6 Å². The van der Waals surface area contributed by atoms with Crippen LogP contribution in [0.5, 0.6) is 5.75 Å². The van der Waals surface area contributed by atoms with E-state index in [-0.39, 0.29) is 12.4 Å². The van der Waals surface area contributed by atoms with E-state index < -0.39 is 33.3 Å². The number of ether oxygens (including phenoxy) is 1. The molecule has 0 spiro atoms. The number of hydrogen-bond donors (Lipinski definition) is 0. The third-order valence-electron chi connectivity index (χ3n) is 2.93. The largest absolute Gasteiger partial charge is 0.604 e. The van der Waals surface area contributed by atoms with Gasteiger partial charge in [-0.15, -0.1) is 13.2 Å². The van der Waals surface area contributed by atoms with Gasteiger partial charge < -0.3 is 9.29 Å². The van der Waals surface area contributed by atoms with E-state index in [2.05, 4.69) is 0 Å². The number of halogens is 6. The molecule has 0 aliphatic heterocycles. The zero-order chi connectivity index (χ0) is 18.0. The number of benzene rings is 2. The van der Waals surface area contributed by atoms with Crippen LogP contribution in [0.2, 0.25) is 0 Å². The molecule has 130 valence electrons. The van der Waals surface area contributed by atoms with E-state index in [4.69, 9.17) is 4.74 Å². The molecule has 24 heavy (non-hydrogen) atoms. The second kappa shape index (κ2) is 6.94. The minimum atomic E-state index is -4.84. The highest BCUT2D eigenvalue weighted by molar-refractivity contribution is 7.92. The van der Waals surface area contributed by atoms with Crippen LogP contribution >= 0.6 is 0 Å². The molecule has 2 nitrogen and oxygen atoms in total. The van der Waals surface area contributed by atoms with E-state index in [0.717, 1.165) is 24.3 Å². The van der Waals surface area contributed by atoms with Gasteiger partial charge in [0.1, 0.15) is 12.4 Å². The van der Waals surface area contributed by atoms with Gasteiger partial charge in [0.2, 0.25) is 0 Å². The summed E-state index contributed by atoms with van der Waals surface area (Å²) in [7, 11) is 0. The van der Waals surface area contributed by atoms with Crippen molar-refractivity contribution in [2.24, 2.45) is 0 Å². The van der Waals surface area contributed by atoms with E-state index in [1.54, 1.807) is 0 Å². The topological polar surface area (TPSA) is 32.3 Å². The van der Waals surface area contributed by atoms with Gasteiger partial charge in [0, 0.05) is 0 Å². The van der Waals surface area contributed by atoms with Crippen LogP contribution in [0.3, 0.4) is 0 Å². The molecule has 0 heterocycles. The van der Waals surface area contributed by atoms with Crippen LogP contribution in [0.4, 0.5) is 26.3 Å². The molecule has 0 aliphatic rings. The molecule has 2 aromatic carbocycles. The Balaban J connectivity index is 1.97. The first-order chi connectivity index (χ1) is 11.1. The number of hydrogen-bond acceptors (Lipinski definition) is 2. The molecule has 0 radical (unpaired) electrons. The number of alkyl halides is 6. The molecule has 2 aromatic rings. The predicted molar refractivity (Wildman–Crippen MR) is 74.7 cm³/mol. The maximum Gasteiger partial charge on any atom is 0.578 e. The van der Waals surface area contributed by atoms with Crippen LogP contribution in [0.15, 0.2) is 53.4 Å². The Bertz CT molecular complexity index is 664. The summed E-state index contributed by atoms with van der Waals surface area (Å²) >= 11 is -3.12. The van der Waals surface area contributed by atoms with E-state index in [9.17, 15) is 30.9 Å². The maximum absolute atomic E-state index is 12.4. The normalized spacial score (nSPS) is 13.6. The lowest BCUT2D eigenvalue weighted by Gasteiger charge is -2.13. The summed E-state index contributed by atoms with van der Waals surface area (Å²) < 4.78 is 90.6. The Morgan fingerprint density at radius 3 is 1.83 bits per heavy atom. The lowest BCUT2D eigenvalue weighted by Crippen LogP contribution is -2.23. The second-order valence-electron chi connectivity index (χ2n) is 4.67. The maximum atomic E-state index is 12.4. The monoisotopic (exact) mass is 368 g/mol. The van der Waals surface area contributed by atoms with Crippen molar-refractivity contribution >= 4 is 11.2 Å². The third-order valence-corrected chi connectivity index (χ3v) is 4.06. The minimum absolute atomic E-state index is 0.0557. The number of rotatable bonds is 4. The molecule has 0 bridgehead atoms. The quantitative estimate of drug-likeness (QED) is 0.567. The Morgan fingerprint density at radius 2 is 1.38 bits per heavy atom. The average molecular weight is 368 g/mol. The van der Waals surface area contributed by atoms with E-state index in [1.165, 1.54) is 24.3 Å². The van der Waals surface area contributed by atoms with Crippen LogP contribution in [0.1, 0.15) is 11.1 Å². The SMILES string of the molecule is [O-][S+](c1ccc(OCc2ccc(C(F)(F)F)cc2)cc1)C(F)(F)F. The molecule has 0 N–H and O–H groups in total. The molecular formula is C15H10F6O2S. The fourth-order valence-corrected chi connectivity index (χ4v) is 2.40. The fraction of sp³-hybridized carbons (Fsp3) is 0.200. The molecule has 0 aliphatic carbocycles. The van der Waals surface area contributed by atoms with Crippen molar-refractivity contribution in [1.82, 2.24) is 0 Å². The Labute approximate surface area is 136 Å². The second-order valence-corrected chi connectivity index (χ2v) is 6.14. The molecule has 1 atom stereocenters. The molecule has 0 aromatic heterocycles. The smallest absolute Gasteiger partial charge is 0.578 e. The predicted octanol–water partition coefficient (Wildman–Crippen LogP) is 4.91. The summed E-state index contributed by atoms with van der Waals surface area (Å²) in [5.74, 6) is 0.206. The zero-order valence-electron chi connectivity index (χ0n) is 11.8. The first-order valence-electron chi connectivity index (χ1n) is 6.45. The molecular weight excluding hydrogens is 358 g/mol. The van der Waals surface area contributed by atoms with Gasteiger partial charge >= 0.3 is 11.7 Å². The van der Waals surface area contributed by atoms with E-state index in [1.807, 2.05) is 0 Å². The van der Waals surface area contributed by atoms with Crippen molar-refractivity contribution in [1.29, 1.82) is 0 Å². The van der Waals surface area contributed by atoms with Crippen molar-refractivity contribution in [2.45, 2.75) is 23.2 Å². The molecule has 0 saturated carbocycles. The van der Waals surface area contributed by atoms with Crippen LogP contribution in [-0.4, -0.2) is 10.1 Å². The third kappa shape index (κ3) is 4.81. The van der Waals surface area contributed by atoms with Gasteiger partial charge in [-0.05, 0) is 42.0 Å². The first kappa shape index (κ1) is 18.5. The lowest BCUT2D eigenvalue weighted by molar-refractivity contribution is -0.137. The lowest BCUT2D eigenvalue weighted by atomic mass is 10.1. The summed E-state index contributed by atoms with van der Waals surface area (Å²) in [6.45, 7) is -0.0557. The fourth-order valence-electron chi connectivity index (χ4n) is 1.75. The van der Waals surface area contributed by atoms with Gasteiger partial charge in [0.15, 0.2) is 4.90 Å². The van der Waals surface area contributed by atoms with Crippen molar-refractivity contribution in [3.63, 3.8) is 0 Å². The summed E-state index contributed by atoms with van der Waals surface area (Å²) in [6, 6.07) is 8.78. The van der Waals surface area contributed by atoms with Gasteiger partial charge in [-0.2, -0.15) is 13.2 Å². The highest BCUT2D eigenvalue weighted by Crippen LogP contribution is 2.31. The van der Waals surface area contributed by atoms with Crippen LogP contribution in [0, 0.1) is 0 Å². The molecule has 9 heteroatoms. The van der Waals surface area contributed by atoms with Crippen LogP contribution in [-0.2, 0) is 24.0 Å². The zero-order valence-corrected chi connectivity index (χ0v) is 12.6. The van der Waals surface area contributed by atoms with E-state index in [0.29, 0.717) is 5.56 Å². The Kier molecular flexibility index (Phi) is 5.34. The Hall–Kier alpha value is -1.87. The van der Waals surface area contributed by atoms with Crippen LogP contribution in [0.25, 0.3) is 0 Å². The van der Waals surface area contributed by atoms with E-state index >= 15 is 0 Å². The minimum Gasteiger partial charge on any atom is -0.604 e. The van der Waals surface area contributed by atoms with Crippen molar-refractivity contribution in [2.75, 3.05) is 0 Å². The summed E-state index contributed by atoms with van der Waals surface area (Å²) in [4.78, 5) is -0.413. The molecule has 1 unspecified atom stereocenters. The molecule has 0 amide bonds. The highest BCUT2D eigenvalue weighted by atomic mass is 32.2. The summed E-state index contributed by atoms with van der Waals surface area (Å²) in [5, 5.41) is 0. The standard InChI is InChI=1S/C15H10F6O2S/c16-14(17,18)11-3-1-10(2-4-11)9-23-12-5-7-13(8-6-12)24(22)15(19,20)21/h1-8H,9H2. The first-order valence-corrected chi connectivity index (χ1v) is 7.60. The van der Waals surface area contributed by atoms with Gasteiger partial charge in [-0.3, -0.25) is 0 Å². The summed E-state index contributed by atoms with van der Waals surface area (Å²) in [5.41, 5.74) is -5.17. The molecule has 0 fully saturated rings. The summed E-state index contributed by atoms with van der Waals surface area (Å²) in [6.07, 6.45) is -4.43. The van der Waals surface area contributed by atoms with Crippen molar-refractivity contribution in [3.05, 3.63) is 59.7 Å². The molecule has 2 rings (SSSR count).